The highest BCUT2D eigenvalue weighted by Crippen LogP contribution is 2.31. The van der Waals surface area contributed by atoms with Gasteiger partial charge in [0.2, 0.25) is 5.95 Å². The van der Waals surface area contributed by atoms with Crippen molar-refractivity contribution in [3.63, 3.8) is 0 Å². The molecular formula is C17H18FN5S. The molecule has 4 rings (SSSR count). The molecule has 2 unspecified atom stereocenters. The number of rotatable bonds is 2. The van der Waals surface area contributed by atoms with E-state index in [2.05, 4.69) is 45.0 Å². The summed E-state index contributed by atoms with van der Waals surface area (Å²) in [7, 11) is 0. The number of hydrogen-bond donors (Lipinski definition) is 1. The molecule has 1 aliphatic heterocycles. The van der Waals surface area contributed by atoms with E-state index in [1.165, 1.54) is 10.9 Å². The minimum atomic E-state index is -1.10. The third-order valence-electron chi connectivity index (χ3n) is 4.67. The van der Waals surface area contributed by atoms with Crippen molar-refractivity contribution in [2.45, 2.75) is 25.6 Å². The molecular weight excluding hydrogens is 325 g/mol. The van der Waals surface area contributed by atoms with E-state index in [9.17, 15) is 4.39 Å². The maximum atomic E-state index is 14.7. The number of halogens is 1. The summed E-state index contributed by atoms with van der Waals surface area (Å²) in [5.41, 5.74) is 10.9. The Hall–Kier alpha value is -2.12. The third kappa shape index (κ3) is 2.74. The van der Waals surface area contributed by atoms with E-state index in [1.54, 1.807) is 11.3 Å². The Kier molecular flexibility index (Phi) is 3.90. The third-order valence-corrected chi connectivity index (χ3v) is 5.48. The SMILES string of the molecule is CC(c1ccc2scnc2c1)N1CCc2nc(N)ncc2C(F)C1. The summed E-state index contributed by atoms with van der Waals surface area (Å²) in [5, 5.41) is 0. The highest BCUT2D eigenvalue weighted by molar-refractivity contribution is 7.16. The molecule has 3 heterocycles. The fourth-order valence-corrected chi connectivity index (χ4v) is 3.90. The lowest BCUT2D eigenvalue weighted by Crippen LogP contribution is -2.30. The molecule has 2 aromatic heterocycles. The van der Waals surface area contributed by atoms with Crippen molar-refractivity contribution in [1.29, 1.82) is 0 Å². The molecule has 124 valence electrons. The summed E-state index contributed by atoms with van der Waals surface area (Å²) in [5.74, 6) is 0.205. The number of aromatic nitrogens is 3. The second-order valence-corrected chi connectivity index (χ2v) is 6.98. The van der Waals surface area contributed by atoms with Gasteiger partial charge in [0.1, 0.15) is 6.17 Å². The Morgan fingerprint density at radius 2 is 2.25 bits per heavy atom. The number of hydrogen-bond acceptors (Lipinski definition) is 6. The molecule has 0 fully saturated rings. The molecule has 2 N–H and O–H groups in total. The Bertz CT molecular complexity index is 880. The lowest BCUT2D eigenvalue weighted by atomic mass is 10.1. The second-order valence-electron chi connectivity index (χ2n) is 6.10. The van der Waals surface area contributed by atoms with Crippen LogP contribution in [-0.2, 0) is 6.42 Å². The zero-order valence-electron chi connectivity index (χ0n) is 13.3. The minimum Gasteiger partial charge on any atom is -0.368 e. The largest absolute Gasteiger partial charge is 0.368 e. The van der Waals surface area contributed by atoms with Gasteiger partial charge in [0.15, 0.2) is 0 Å². The zero-order valence-corrected chi connectivity index (χ0v) is 14.1. The molecule has 24 heavy (non-hydrogen) atoms. The normalized spacial score (nSPS) is 19.8. The van der Waals surface area contributed by atoms with Crippen LogP contribution in [0.3, 0.4) is 0 Å². The van der Waals surface area contributed by atoms with Gasteiger partial charge in [-0.05, 0) is 24.6 Å². The highest BCUT2D eigenvalue weighted by atomic mass is 32.1. The van der Waals surface area contributed by atoms with Crippen molar-refractivity contribution in [3.05, 3.63) is 46.7 Å². The van der Waals surface area contributed by atoms with E-state index in [1.807, 2.05) is 5.51 Å². The van der Waals surface area contributed by atoms with Gasteiger partial charge in [0.05, 0.1) is 21.4 Å². The first-order chi connectivity index (χ1) is 11.6. The van der Waals surface area contributed by atoms with Crippen LogP contribution in [0.25, 0.3) is 10.2 Å². The number of benzene rings is 1. The van der Waals surface area contributed by atoms with Gasteiger partial charge in [-0.1, -0.05) is 6.07 Å². The lowest BCUT2D eigenvalue weighted by Gasteiger charge is -2.28. The van der Waals surface area contributed by atoms with Gasteiger partial charge in [0.25, 0.3) is 0 Å². The van der Waals surface area contributed by atoms with Crippen LogP contribution < -0.4 is 5.73 Å². The van der Waals surface area contributed by atoms with Gasteiger partial charge in [-0.15, -0.1) is 11.3 Å². The highest BCUT2D eigenvalue weighted by Gasteiger charge is 2.27. The van der Waals surface area contributed by atoms with E-state index in [-0.39, 0.29) is 12.0 Å². The molecule has 0 saturated carbocycles. The van der Waals surface area contributed by atoms with Crippen LogP contribution in [0.15, 0.2) is 29.9 Å². The van der Waals surface area contributed by atoms with Crippen molar-refractivity contribution < 1.29 is 4.39 Å². The summed E-state index contributed by atoms with van der Waals surface area (Å²) in [6, 6.07) is 6.40. The van der Waals surface area contributed by atoms with Gasteiger partial charge in [0, 0.05) is 37.3 Å². The second kappa shape index (κ2) is 6.07. The van der Waals surface area contributed by atoms with Gasteiger partial charge < -0.3 is 5.73 Å². The van der Waals surface area contributed by atoms with Crippen LogP contribution in [0.2, 0.25) is 0 Å². The zero-order chi connectivity index (χ0) is 16.7. The van der Waals surface area contributed by atoms with Crippen LogP contribution in [-0.4, -0.2) is 32.9 Å². The Labute approximate surface area is 143 Å². The fraction of sp³-hybridized carbons (Fsp3) is 0.353. The number of fused-ring (bicyclic) bond motifs is 2. The molecule has 0 bridgehead atoms. The van der Waals surface area contributed by atoms with Crippen LogP contribution in [0.4, 0.5) is 10.3 Å². The number of nitrogen functional groups attached to an aromatic ring is 1. The number of nitrogens with zero attached hydrogens (tertiary/aromatic N) is 4. The number of alkyl halides is 1. The summed E-state index contributed by atoms with van der Waals surface area (Å²) in [4.78, 5) is 14.7. The average Bonchev–Trinajstić information content (AvgIpc) is 2.98. The van der Waals surface area contributed by atoms with Crippen LogP contribution in [0.1, 0.15) is 36.0 Å². The first-order valence-corrected chi connectivity index (χ1v) is 8.82. The van der Waals surface area contributed by atoms with E-state index in [0.29, 0.717) is 18.5 Å². The first-order valence-electron chi connectivity index (χ1n) is 7.94. The van der Waals surface area contributed by atoms with Crippen LogP contribution in [0, 0.1) is 0 Å². The van der Waals surface area contributed by atoms with Crippen LogP contribution in [0.5, 0.6) is 0 Å². The summed E-state index contributed by atoms with van der Waals surface area (Å²) in [6.45, 7) is 3.17. The minimum absolute atomic E-state index is 0.106. The molecule has 3 aromatic rings. The predicted molar refractivity (Wildman–Crippen MR) is 93.6 cm³/mol. The standard InChI is InChI=1S/C17H18FN5S/c1-10(11-2-3-16-15(6-11)21-9-24-16)23-5-4-14-12(13(18)8-23)7-20-17(19)22-14/h2-3,6-7,9-10,13H,4-5,8H2,1H3,(H2,19,20,22). The van der Waals surface area contributed by atoms with Crippen molar-refractivity contribution in [1.82, 2.24) is 19.9 Å². The Balaban J connectivity index is 1.60. The van der Waals surface area contributed by atoms with Gasteiger partial charge in [-0.25, -0.2) is 19.3 Å². The molecule has 5 nitrogen and oxygen atoms in total. The summed E-state index contributed by atoms with van der Waals surface area (Å²) in [6.07, 6.45) is 1.09. The monoisotopic (exact) mass is 343 g/mol. The maximum Gasteiger partial charge on any atom is 0.220 e. The molecule has 1 aromatic carbocycles. The molecule has 0 amide bonds. The summed E-state index contributed by atoms with van der Waals surface area (Å²) < 4.78 is 15.9. The van der Waals surface area contributed by atoms with Gasteiger partial charge in [-0.2, -0.15) is 0 Å². The lowest BCUT2D eigenvalue weighted by molar-refractivity contribution is 0.161. The molecule has 0 aliphatic carbocycles. The fourth-order valence-electron chi connectivity index (χ4n) is 3.25. The number of nitrogens with two attached hydrogens (primary N) is 1. The van der Waals surface area contributed by atoms with E-state index in [4.69, 9.17) is 5.73 Å². The molecule has 0 radical (unpaired) electrons. The molecule has 7 heteroatoms. The van der Waals surface area contributed by atoms with Crippen LogP contribution >= 0.6 is 11.3 Å². The summed E-state index contributed by atoms with van der Waals surface area (Å²) >= 11 is 1.63. The van der Waals surface area contributed by atoms with Crippen molar-refractivity contribution >= 4 is 27.5 Å². The molecule has 0 saturated heterocycles. The quantitative estimate of drug-likeness (QED) is 0.773. The molecule has 1 aliphatic rings. The molecule has 0 spiro atoms. The predicted octanol–water partition coefficient (Wildman–Crippen LogP) is 3.30. The van der Waals surface area contributed by atoms with E-state index in [0.717, 1.165) is 23.3 Å². The van der Waals surface area contributed by atoms with E-state index < -0.39 is 6.17 Å². The number of anilines is 1. The number of thiazole rings is 1. The maximum absolute atomic E-state index is 14.7. The van der Waals surface area contributed by atoms with Gasteiger partial charge in [-0.3, -0.25) is 4.90 Å². The smallest absolute Gasteiger partial charge is 0.220 e. The van der Waals surface area contributed by atoms with Crippen molar-refractivity contribution in [3.8, 4) is 0 Å². The first kappa shape index (κ1) is 15.4. The topological polar surface area (TPSA) is 67.9 Å². The van der Waals surface area contributed by atoms with Crippen molar-refractivity contribution in [2.24, 2.45) is 0 Å². The Morgan fingerprint density at radius 3 is 3.12 bits per heavy atom. The Morgan fingerprint density at radius 1 is 1.38 bits per heavy atom. The van der Waals surface area contributed by atoms with Crippen molar-refractivity contribution in [2.75, 3.05) is 18.8 Å². The molecule has 2 atom stereocenters. The van der Waals surface area contributed by atoms with E-state index >= 15 is 0 Å². The van der Waals surface area contributed by atoms with Gasteiger partial charge >= 0.3 is 0 Å². The average molecular weight is 343 g/mol.